The first-order chi connectivity index (χ1) is 8.76. The van der Waals surface area contributed by atoms with E-state index in [1.54, 1.807) is 0 Å². The van der Waals surface area contributed by atoms with Crippen molar-refractivity contribution in [3.8, 4) is 0 Å². The third-order valence-electron chi connectivity index (χ3n) is 2.70. The molecule has 0 aliphatic rings. The molecule has 0 aliphatic heterocycles. The molecule has 1 amide bonds. The predicted octanol–water partition coefficient (Wildman–Crippen LogP) is 2.09. The van der Waals surface area contributed by atoms with Crippen LogP contribution in [0.5, 0.6) is 0 Å². The second-order valence-electron chi connectivity index (χ2n) is 4.37. The monoisotopic (exact) mass is 250 g/mol. The van der Waals surface area contributed by atoms with E-state index in [1.807, 2.05) is 30.3 Å². The average Bonchev–Trinajstić information content (AvgIpc) is 2.42. The van der Waals surface area contributed by atoms with Crippen LogP contribution in [0.2, 0.25) is 0 Å². The summed E-state index contributed by atoms with van der Waals surface area (Å²) in [6, 6.07) is 9.72. The van der Waals surface area contributed by atoms with Crippen LogP contribution in [0.25, 0.3) is 0 Å². The van der Waals surface area contributed by atoms with Crippen LogP contribution >= 0.6 is 0 Å². The lowest BCUT2D eigenvalue weighted by Crippen LogP contribution is -2.36. The first-order valence-electron chi connectivity index (χ1n) is 6.40. The van der Waals surface area contributed by atoms with Gasteiger partial charge in [0.1, 0.15) is 6.61 Å². The number of amides is 1. The van der Waals surface area contributed by atoms with Gasteiger partial charge in [-0.15, -0.1) is 0 Å². The van der Waals surface area contributed by atoms with E-state index < -0.39 is 0 Å². The number of hydrogen-bond acceptors (Lipinski definition) is 3. The van der Waals surface area contributed by atoms with E-state index in [0.717, 1.165) is 24.8 Å². The molecule has 0 saturated heterocycles. The molecular formula is C14H22N2O2. The maximum Gasteiger partial charge on any atom is 0.233 e. The van der Waals surface area contributed by atoms with Gasteiger partial charge in [-0.05, 0) is 12.0 Å². The summed E-state index contributed by atoms with van der Waals surface area (Å²) in [5.74, 6) is 0. The Balaban J connectivity index is 2.31. The normalized spacial score (nSPS) is 12.1. The number of nitrogens with zero attached hydrogens (tertiary/aromatic N) is 1. The van der Waals surface area contributed by atoms with Gasteiger partial charge < -0.3 is 5.73 Å². The largest absolute Gasteiger partial charge is 0.326 e. The summed E-state index contributed by atoms with van der Waals surface area (Å²) in [4.78, 5) is 16.3. The molecule has 0 spiro atoms. The number of rotatable bonds is 9. The topological polar surface area (TPSA) is 55.6 Å². The first-order valence-corrected chi connectivity index (χ1v) is 6.40. The summed E-state index contributed by atoms with van der Waals surface area (Å²) in [5.41, 5.74) is 6.96. The minimum Gasteiger partial charge on any atom is -0.326 e. The third kappa shape index (κ3) is 5.80. The highest BCUT2D eigenvalue weighted by Gasteiger charge is 2.09. The molecule has 4 nitrogen and oxygen atoms in total. The van der Waals surface area contributed by atoms with E-state index in [9.17, 15) is 4.79 Å². The molecule has 4 heteroatoms. The van der Waals surface area contributed by atoms with Crippen molar-refractivity contribution in [3.63, 3.8) is 0 Å². The summed E-state index contributed by atoms with van der Waals surface area (Å²) in [6.45, 7) is 2.95. The Labute approximate surface area is 109 Å². The van der Waals surface area contributed by atoms with Crippen molar-refractivity contribution in [1.29, 1.82) is 0 Å². The van der Waals surface area contributed by atoms with Crippen LogP contribution in [0.3, 0.4) is 0 Å². The smallest absolute Gasteiger partial charge is 0.233 e. The Morgan fingerprint density at radius 1 is 1.39 bits per heavy atom. The number of hydroxylamine groups is 2. The van der Waals surface area contributed by atoms with E-state index in [0.29, 0.717) is 19.6 Å². The molecule has 0 bridgehead atoms. The van der Waals surface area contributed by atoms with Gasteiger partial charge in [0.25, 0.3) is 0 Å². The maximum absolute atomic E-state index is 10.9. The fraction of sp³-hybridized carbons (Fsp3) is 0.500. The van der Waals surface area contributed by atoms with Gasteiger partial charge in [-0.25, -0.2) is 5.06 Å². The number of benzene rings is 1. The molecule has 0 heterocycles. The van der Waals surface area contributed by atoms with E-state index in [1.165, 1.54) is 5.06 Å². The van der Waals surface area contributed by atoms with Gasteiger partial charge in [0.15, 0.2) is 0 Å². The molecule has 0 unspecified atom stereocenters. The summed E-state index contributed by atoms with van der Waals surface area (Å²) >= 11 is 0. The van der Waals surface area contributed by atoms with Crippen molar-refractivity contribution >= 4 is 6.41 Å². The zero-order chi connectivity index (χ0) is 13.2. The fourth-order valence-corrected chi connectivity index (χ4v) is 1.65. The molecule has 2 N–H and O–H groups in total. The minimum absolute atomic E-state index is 0.0223. The molecule has 1 atom stereocenters. The van der Waals surface area contributed by atoms with Crippen LogP contribution in [0.4, 0.5) is 0 Å². The molecule has 18 heavy (non-hydrogen) atoms. The second-order valence-corrected chi connectivity index (χ2v) is 4.37. The fourth-order valence-electron chi connectivity index (χ4n) is 1.65. The lowest BCUT2D eigenvalue weighted by atomic mass is 10.1. The summed E-state index contributed by atoms with van der Waals surface area (Å²) in [6.07, 6.45) is 3.79. The average molecular weight is 250 g/mol. The van der Waals surface area contributed by atoms with E-state index >= 15 is 0 Å². The molecule has 1 aromatic carbocycles. The maximum atomic E-state index is 10.9. The Bertz CT molecular complexity index is 330. The molecule has 0 fully saturated rings. The third-order valence-corrected chi connectivity index (χ3v) is 2.70. The van der Waals surface area contributed by atoms with Crippen molar-refractivity contribution < 1.29 is 9.63 Å². The SMILES string of the molecule is CCCC[C@@H](N)CN(C=O)OCc1ccccc1. The number of carbonyl (C=O) groups excluding carboxylic acids is 1. The molecule has 1 aromatic rings. The number of nitrogens with two attached hydrogens (primary N) is 1. The Morgan fingerprint density at radius 2 is 2.11 bits per heavy atom. The van der Waals surface area contributed by atoms with Crippen LogP contribution in [-0.4, -0.2) is 24.1 Å². The number of unbranched alkanes of at least 4 members (excludes halogenated alkanes) is 1. The van der Waals surface area contributed by atoms with Gasteiger partial charge >= 0.3 is 0 Å². The molecule has 0 radical (unpaired) electrons. The van der Waals surface area contributed by atoms with E-state index in [-0.39, 0.29) is 6.04 Å². The second kappa shape index (κ2) is 8.66. The summed E-state index contributed by atoms with van der Waals surface area (Å²) in [7, 11) is 0. The van der Waals surface area contributed by atoms with Crippen molar-refractivity contribution in [3.05, 3.63) is 35.9 Å². The standard InChI is InChI=1S/C14H22N2O2/c1-2-3-9-14(15)10-16(12-17)18-11-13-7-5-4-6-8-13/h4-8,12,14H,2-3,9-11,15H2,1H3/t14-/m1/s1. The van der Waals surface area contributed by atoms with Crippen molar-refractivity contribution in [1.82, 2.24) is 5.06 Å². The van der Waals surface area contributed by atoms with Crippen LogP contribution in [0, 0.1) is 0 Å². The quantitative estimate of drug-likeness (QED) is 0.539. The van der Waals surface area contributed by atoms with E-state index in [2.05, 4.69) is 6.92 Å². The van der Waals surface area contributed by atoms with Crippen molar-refractivity contribution in [2.24, 2.45) is 5.73 Å². The molecule has 0 aromatic heterocycles. The van der Waals surface area contributed by atoms with Crippen LogP contribution in [0.1, 0.15) is 31.7 Å². The zero-order valence-corrected chi connectivity index (χ0v) is 10.9. The highest BCUT2D eigenvalue weighted by molar-refractivity contribution is 5.45. The van der Waals surface area contributed by atoms with Crippen LogP contribution < -0.4 is 5.73 Å². The minimum atomic E-state index is -0.0223. The van der Waals surface area contributed by atoms with Crippen molar-refractivity contribution in [2.45, 2.75) is 38.8 Å². The Morgan fingerprint density at radius 3 is 2.72 bits per heavy atom. The summed E-state index contributed by atoms with van der Waals surface area (Å²) in [5, 5.41) is 1.29. The lowest BCUT2D eigenvalue weighted by molar-refractivity contribution is -0.178. The predicted molar refractivity (Wildman–Crippen MR) is 71.5 cm³/mol. The highest BCUT2D eigenvalue weighted by atomic mass is 16.7. The van der Waals surface area contributed by atoms with Gasteiger partial charge in [0, 0.05) is 6.04 Å². The van der Waals surface area contributed by atoms with Gasteiger partial charge in [-0.3, -0.25) is 9.63 Å². The Kier molecular flexibility index (Phi) is 7.06. The molecule has 0 aliphatic carbocycles. The van der Waals surface area contributed by atoms with Gasteiger partial charge in [0.05, 0.1) is 6.54 Å². The Hall–Kier alpha value is -1.39. The van der Waals surface area contributed by atoms with Gasteiger partial charge in [0.2, 0.25) is 6.41 Å². The zero-order valence-electron chi connectivity index (χ0n) is 10.9. The van der Waals surface area contributed by atoms with Crippen molar-refractivity contribution in [2.75, 3.05) is 6.54 Å². The summed E-state index contributed by atoms with van der Waals surface area (Å²) < 4.78 is 0. The van der Waals surface area contributed by atoms with Gasteiger partial charge in [-0.1, -0.05) is 50.1 Å². The number of carbonyl (C=O) groups is 1. The van der Waals surface area contributed by atoms with E-state index in [4.69, 9.17) is 10.6 Å². The molecule has 1 rings (SSSR count). The lowest BCUT2D eigenvalue weighted by Gasteiger charge is -2.20. The van der Waals surface area contributed by atoms with Gasteiger partial charge in [-0.2, -0.15) is 0 Å². The molecule has 100 valence electrons. The van der Waals surface area contributed by atoms with Crippen LogP contribution in [0.15, 0.2) is 30.3 Å². The number of hydrogen-bond donors (Lipinski definition) is 1. The first kappa shape index (κ1) is 14.7. The van der Waals surface area contributed by atoms with Crippen LogP contribution in [-0.2, 0) is 16.2 Å². The molecule has 0 saturated carbocycles. The highest BCUT2D eigenvalue weighted by Crippen LogP contribution is 2.04. The molecular weight excluding hydrogens is 228 g/mol.